The molecule has 0 saturated heterocycles. The lowest BCUT2D eigenvalue weighted by molar-refractivity contribution is 0.626. The van der Waals surface area contributed by atoms with Crippen LogP contribution in [-0.2, 0) is 6.54 Å². The van der Waals surface area contributed by atoms with Crippen LogP contribution in [0.3, 0.4) is 0 Å². The van der Waals surface area contributed by atoms with Crippen LogP contribution < -0.4 is 10.6 Å². The highest BCUT2D eigenvalue weighted by atomic mass is 19.1. The van der Waals surface area contributed by atoms with Gasteiger partial charge in [0, 0.05) is 13.1 Å². The molecule has 2 aromatic carbocycles. The van der Waals surface area contributed by atoms with E-state index in [1.54, 1.807) is 12.1 Å². The zero-order valence-electron chi connectivity index (χ0n) is 11.9. The number of benzene rings is 2. The second kappa shape index (κ2) is 5.95. The molecule has 1 atom stereocenters. The van der Waals surface area contributed by atoms with Gasteiger partial charge in [-0.3, -0.25) is 0 Å². The minimum atomic E-state index is -0.213. The third kappa shape index (κ3) is 3.21. The normalized spacial score (nSPS) is 17.2. The van der Waals surface area contributed by atoms with Gasteiger partial charge in [-0.25, -0.2) is 9.38 Å². The summed E-state index contributed by atoms with van der Waals surface area (Å²) in [6.45, 7) is 3.54. The van der Waals surface area contributed by atoms with Gasteiger partial charge in [0.15, 0.2) is 5.96 Å². The first kappa shape index (κ1) is 13.6. The monoisotopic (exact) mass is 283 g/mol. The van der Waals surface area contributed by atoms with Crippen LogP contribution in [0.15, 0.2) is 53.5 Å². The summed E-state index contributed by atoms with van der Waals surface area (Å²) in [6, 6.07) is 15.0. The van der Waals surface area contributed by atoms with Crippen LogP contribution in [0, 0.1) is 12.7 Å². The summed E-state index contributed by atoms with van der Waals surface area (Å²) < 4.78 is 12.8. The number of nitrogens with one attached hydrogen (secondary N) is 2. The highest BCUT2D eigenvalue weighted by molar-refractivity contribution is 5.81. The van der Waals surface area contributed by atoms with Crippen molar-refractivity contribution >= 4 is 5.96 Å². The summed E-state index contributed by atoms with van der Waals surface area (Å²) >= 11 is 0. The number of guanidine groups is 1. The van der Waals surface area contributed by atoms with E-state index in [-0.39, 0.29) is 11.9 Å². The van der Waals surface area contributed by atoms with Gasteiger partial charge in [-0.05, 0) is 35.7 Å². The van der Waals surface area contributed by atoms with E-state index in [1.165, 1.54) is 23.3 Å². The van der Waals surface area contributed by atoms with Gasteiger partial charge in [0.25, 0.3) is 0 Å². The summed E-state index contributed by atoms with van der Waals surface area (Å²) in [4.78, 5) is 4.67. The molecule has 0 aliphatic carbocycles. The minimum absolute atomic E-state index is 0.155. The van der Waals surface area contributed by atoms with Crippen LogP contribution in [0.4, 0.5) is 4.39 Å². The van der Waals surface area contributed by atoms with E-state index in [4.69, 9.17) is 0 Å². The molecular weight excluding hydrogens is 265 g/mol. The molecule has 1 aliphatic rings. The van der Waals surface area contributed by atoms with Crippen molar-refractivity contribution in [2.75, 3.05) is 6.54 Å². The fourth-order valence-electron chi connectivity index (χ4n) is 2.48. The largest absolute Gasteiger partial charge is 0.354 e. The molecule has 0 aromatic heterocycles. The molecule has 0 fully saturated rings. The molecule has 0 amide bonds. The number of rotatable bonds is 3. The van der Waals surface area contributed by atoms with Crippen LogP contribution in [0.5, 0.6) is 0 Å². The molecule has 4 heteroatoms. The first-order chi connectivity index (χ1) is 10.2. The fourth-order valence-corrected chi connectivity index (χ4v) is 2.48. The van der Waals surface area contributed by atoms with Crippen molar-refractivity contribution in [3.05, 3.63) is 71.0 Å². The van der Waals surface area contributed by atoms with Gasteiger partial charge in [-0.15, -0.1) is 0 Å². The lowest BCUT2D eigenvalue weighted by Gasteiger charge is -2.08. The van der Waals surface area contributed by atoms with Gasteiger partial charge < -0.3 is 10.6 Å². The van der Waals surface area contributed by atoms with E-state index in [0.717, 1.165) is 18.1 Å². The second-order valence-electron chi connectivity index (χ2n) is 5.21. The molecule has 3 rings (SSSR count). The zero-order valence-corrected chi connectivity index (χ0v) is 11.9. The van der Waals surface area contributed by atoms with E-state index in [1.807, 2.05) is 12.1 Å². The van der Waals surface area contributed by atoms with Crippen LogP contribution in [0.25, 0.3) is 0 Å². The van der Waals surface area contributed by atoms with Crippen molar-refractivity contribution in [3.8, 4) is 0 Å². The Bertz CT molecular complexity index is 649. The lowest BCUT2D eigenvalue weighted by Crippen LogP contribution is -2.33. The number of halogens is 1. The summed E-state index contributed by atoms with van der Waals surface area (Å²) in [5.74, 6) is 0.585. The van der Waals surface area contributed by atoms with Gasteiger partial charge in [0.05, 0.1) is 6.04 Å². The van der Waals surface area contributed by atoms with Gasteiger partial charge >= 0.3 is 0 Å². The van der Waals surface area contributed by atoms with E-state index >= 15 is 0 Å². The molecule has 1 aliphatic heterocycles. The van der Waals surface area contributed by atoms with Crippen molar-refractivity contribution in [2.24, 2.45) is 4.99 Å². The first-order valence-corrected chi connectivity index (χ1v) is 7.08. The zero-order chi connectivity index (χ0) is 14.7. The van der Waals surface area contributed by atoms with Gasteiger partial charge in [0.2, 0.25) is 0 Å². The third-order valence-electron chi connectivity index (χ3n) is 3.67. The third-order valence-corrected chi connectivity index (χ3v) is 3.67. The molecule has 0 saturated carbocycles. The predicted molar refractivity (Wildman–Crippen MR) is 82.6 cm³/mol. The van der Waals surface area contributed by atoms with E-state index in [2.05, 4.69) is 34.7 Å². The van der Waals surface area contributed by atoms with Gasteiger partial charge in [-0.2, -0.15) is 0 Å². The molecule has 0 radical (unpaired) electrons. The summed E-state index contributed by atoms with van der Waals surface area (Å²) in [5, 5.41) is 6.53. The number of hydrogen-bond donors (Lipinski definition) is 2. The van der Waals surface area contributed by atoms with E-state index < -0.39 is 0 Å². The van der Waals surface area contributed by atoms with Crippen LogP contribution in [0.2, 0.25) is 0 Å². The Labute approximate surface area is 123 Å². The van der Waals surface area contributed by atoms with Gasteiger partial charge in [-0.1, -0.05) is 36.4 Å². The minimum Gasteiger partial charge on any atom is -0.354 e. The Morgan fingerprint density at radius 2 is 1.95 bits per heavy atom. The van der Waals surface area contributed by atoms with Crippen LogP contribution in [0.1, 0.15) is 22.7 Å². The molecule has 2 N–H and O–H groups in total. The Morgan fingerprint density at radius 3 is 2.71 bits per heavy atom. The van der Waals surface area contributed by atoms with E-state index in [9.17, 15) is 4.39 Å². The number of hydrogen-bond acceptors (Lipinski definition) is 3. The van der Waals surface area contributed by atoms with Crippen molar-refractivity contribution in [1.29, 1.82) is 0 Å². The standard InChI is InChI=1S/C17H18FN3/c1-12-4-2-3-5-15(12)16-11-20-17(21-16)19-10-13-6-8-14(18)9-7-13/h2-9,16H,10-11H2,1H3,(H2,19,20,21)/t16-/m1/s1. The molecular formula is C17H18FN3. The van der Waals surface area contributed by atoms with Crippen molar-refractivity contribution < 1.29 is 4.39 Å². The van der Waals surface area contributed by atoms with Crippen molar-refractivity contribution in [3.63, 3.8) is 0 Å². The predicted octanol–water partition coefficient (Wildman–Crippen LogP) is 2.92. The topological polar surface area (TPSA) is 36.4 Å². The van der Waals surface area contributed by atoms with Crippen molar-refractivity contribution in [1.82, 2.24) is 10.6 Å². The average Bonchev–Trinajstić information content (AvgIpc) is 2.96. The summed E-state index contributed by atoms with van der Waals surface area (Å²) in [7, 11) is 0. The number of aliphatic imine (C=N–C) groups is 1. The molecule has 3 nitrogen and oxygen atoms in total. The lowest BCUT2D eigenvalue weighted by atomic mass is 10.0. The van der Waals surface area contributed by atoms with E-state index in [0.29, 0.717) is 6.54 Å². The van der Waals surface area contributed by atoms with Gasteiger partial charge in [0.1, 0.15) is 5.82 Å². The molecule has 0 spiro atoms. The highest BCUT2D eigenvalue weighted by Crippen LogP contribution is 2.22. The Kier molecular flexibility index (Phi) is 3.86. The first-order valence-electron chi connectivity index (χ1n) is 7.08. The smallest absolute Gasteiger partial charge is 0.192 e. The molecule has 1 heterocycles. The Morgan fingerprint density at radius 1 is 1.19 bits per heavy atom. The van der Waals surface area contributed by atoms with Crippen LogP contribution in [-0.4, -0.2) is 12.5 Å². The Balaban J connectivity index is 1.64. The molecule has 21 heavy (non-hydrogen) atoms. The number of nitrogens with zero attached hydrogens (tertiary/aromatic N) is 1. The summed E-state index contributed by atoms with van der Waals surface area (Å²) in [5.41, 5.74) is 3.54. The molecule has 0 bridgehead atoms. The molecule has 2 aromatic rings. The second-order valence-corrected chi connectivity index (χ2v) is 5.21. The number of aryl methyl sites for hydroxylation is 1. The molecule has 0 unspecified atom stereocenters. The highest BCUT2D eigenvalue weighted by Gasteiger charge is 2.19. The fraction of sp³-hybridized carbons (Fsp3) is 0.235. The maximum absolute atomic E-state index is 12.8. The Hall–Kier alpha value is -2.36. The summed E-state index contributed by atoms with van der Waals surface area (Å²) in [6.07, 6.45) is 0. The van der Waals surface area contributed by atoms with Crippen molar-refractivity contribution in [2.45, 2.75) is 19.5 Å². The maximum atomic E-state index is 12.8. The molecule has 108 valence electrons. The SMILES string of the molecule is Cc1ccccc1[C@H]1CNC(NCc2ccc(F)cc2)=N1. The quantitative estimate of drug-likeness (QED) is 0.908. The average molecular weight is 283 g/mol. The van der Waals surface area contributed by atoms with Crippen LogP contribution >= 0.6 is 0 Å². The maximum Gasteiger partial charge on any atom is 0.192 e.